The minimum Gasteiger partial charge on any atom is -0.393 e. The highest BCUT2D eigenvalue weighted by Gasteiger charge is 2.32. The van der Waals surface area contributed by atoms with Crippen LogP contribution in [0.1, 0.15) is 32.5 Å². The number of hydrogen-bond donors (Lipinski definition) is 1. The first-order valence-corrected chi connectivity index (χ1v) is 7.33. The van der Waals surface area contributed by atoms with Crippen LogP contribution in [-0.2, 0) is 13.0 Å². The van der Waals surface area contributed by atoms with Crippen LogP contribution in [0.15, 0.2) is 24.3 Å². The maximum atomic E-state index is 9.89. The van der Waals surface area contributed by atoms with Gasteiger partial charge in [0.25, 0.3) is 0 Å². The molecule has 1 aromatic heterocycles. The fourth-order valence-electron chi connectivity index (χ4n) is 3.38. The van der Waals surface area contributed by atoms with Gasteiger partial charge in [-0.25, -0.2) is 4.98 Å². The summed E-state index contributed by atoms with van der Waals surface area (Å²) >= 11 is 0. The average molecular weight is 258 g/mol. The van der Waals surface area contributed by atoms with Crippen LogP contribution in [0.5, 0.6) is 0 Å². The van der Waals surface area contributed by atoms with Crippen LogP contribution in [0.25, 0.3) is 11.0 Å². The largest absolute Gasteiger partial charge is 0.393 e. The van der Waals surface area contributed by atoms with Crippen molar-refractivity contribution in [2.75, 3.05) is 0 Å². The highest BCUT2D eigenvalue weighted by atomic mass is 16.3. The first-order chi connectivity index (χ1) is 9.20. The van der Waals surface area contributed by atoms with E-state index >= 15 is 0 Å². The Labute approximate surface area is 114 Å². The molecule has 1 aliphatic rings. The number of aromatic nitrogens is 2. The van der Waals surface area contributed by atoms with E-state index in [1.807, 2.05) is 6.07 Å². The molecule has 3 heteroatoms. The Morgan fingerprint density at radius 2 is 2.11 bits per heavy atom. The second-order valence-electron chi connectivity index (χ2n) is 5.73. The van der Waals surface area contributed by atoms with Crippen LogP contribution in [0.3, 0.4) is 0 Å². The van der Waals surface area contributed by atoms with Crippen molar-refractivity contribution in [2.24, 2.45) is 11.8 Å². The Kier molecular flexibility index (Phi) is 3.31. The zero-order chi connectivity index (χ0) is 13.4. The van der Waals surface area contributed by atoms with Crippen LogP contribution in [0.2, 0.25) is 0 Å². The molecule has 0 amide bonds. The number of para-hydroxylation sites is 2. The van der Waals surface area contributed by atoms with E-state index in [-0.39, 0.29) is 6.10 Å². The predicted molar refractivity (Wildman–Crippen MR) is 77.0 cm³/mol. The summed E-state index contributed by atoms with van der Waals surface area (Å²) in [6.07, 6.45) is 2.93. The number of imidazole rings is 1. The van der Waals surface area contributed by atoms with Crippen molar-refractivity contribution < 1.29 is 5.11 Å². The molecule has 19 heavy (non-hydrogen) atoms. The summed E-state index contributed by atoms with van der Waals surface area (Å²) in [5.41, 5.74) is 2.32. The van der Waals surface area contributed by atoms with E-state index in [4.69, 9.17) is 4.98 Å². The molecule has 102 valence electrons. The molecule has 0 spiro atoms. The lowest BCUT2D eigenvalue weighted by molar-refractivity contribution is 0.127. The number of hydrogen-bond acceptors (Lipinski definition) is 2. The molecule has 3 unspecified atom stereocenters. The summed E-state index contributed by atoms with van der Waals surface area (Å²) < 4.78 is 2.31. The third-order valence-electron chi connectivity index (χ3n) is 4.68. The molecule has 3 nitrogen and oxygen atoms in total. The Morgan fingerprint density at radius 1 is 1.32 bits per heavy atom. The first-order valence-electron chi connectivity index (χ1n) is 7.33. The standard InChI is InChI=1S/C16H22N2O/c1-3-18-14-7-5-4-6-13(14)17-16(18)10-12-8-9-15(19)11(12)2/h4-7,11-12,15,19H,3,8-10H2,1-2H3. The van der Waals surface area contributed by atoms with E-state index < -0.39 is 0 Å². The number of aliphatic hydroxyl groups is 1. The molecular formula is C16H22N2O. The van der Waals surface area contributed by atoms with Gasteiger partial charge >= 0.3 is 0 Å². The quantitative estimate of drug-likeness (QED) is 0.919. The van der Waals surface area contributed by atoms with Crippen molar-refractivity contribution in [3.05, 3.63) is 30.1 Å². The third kappa shape index (κ3) is 2.16. The Hall–Kier alpha value is -1.35. The van der Waals surface area contributed by atoms with Gasteiger partial charge < -0.3 is 9.67 Å². The van der Waals surface area contributed by atoms with E-state index in [1.54, 1.807) is 0 Å². The van der Waals surface area contributed by atoms with Gasteiger partial charge in [0, 0.05) is 13.0 Å². The predicted octanol–water partition coefficient (Wildman–Crippen LogP) is 3.01. The van der Waals surface area contributed by atoms with Gasteiger partial charge in [-0.3, -0.25) is 0 Å². The van der Waals surface area contributed by atoms with Gasteiger partial charge in [-0.2, -0.15) is 0 Å². The van der Waals surface area contributed by atoms with E-state index in [1.165, 1.54) is 11.3 Å². The van der Waals surface area contributed by atoms with Gasteiger partial charge in [0.15, 0.2) is 0 Å². The van der Waals surface area contributed by atoms with Crippen LogP contribution >= 0.6 is 0 Å². The molecule has 1 N–H and O–H groups in total. The fraction of sp³-hybridized carbons (Fsp3) is 0.562. The number of rotatable bonds is 3. The highest BCUT2D eigenvalue weighted by molar-refractivity contribution is 5.75. The van der Waals surface area contributed by atoms with Gasteiger partial charge in [-0.05, 0) is 43.7 Å². The zero-order valence-electron chi connectivity index (χ0n) is 11.7. The Balaban J connectivity index is 1.92. The first kappa shape index (κ1) is 12.7. The van der Waals surface area contributed by atoms with Crippen molar-refractivity contribution in [2.45, 2.75) is 45.8 Å². The SMILES string of the molecule is CCn1c(CC2CCC(O)C2C)nc2ccccc21. The lowest BCUT2D eigenvalue weighted by Gasteiger charge is -2.17. The molecule has 1 saturated carbocycles. The zero-order valence-corrected chi connectivity index (χ0v) is 11.7. The van der Waals surface area contributed by atoms with E-state index in [2.05, 4.69) is 36.6 Å². The Morgan fingerprint density at radius 3 is 2.79 bits per heavy atom. The number of aryl methyl sites for hydroxylation is 1. The molecule has 0 saturated heterocycles. The molecule has 1 fully saturated rings. The maximum absolute atomic E-state index is 9.89. The molecule has 1 aliphatic carbocycles. The smallest absolute Gasteiger partial charge is 0.110 e. The third-order valence-corrected chi connectivity index (χ3v) is 4.68. The second-order valence-corrected chi connectivity index (χ2v) is 5.73. The van der Waals surface area contributed by atoms with Crippen LogP contribution in [0, 0.1) is 11.8 Å². The maximum Gasteiger partial charge on any atom is 0.110 e. The number of nitrogens with zero attached hydrogens (tertiary/aromatic N) is 2. The van der Waals surface area contributed by atoms with Crippen molar-refractivity contribution in [1.82, 2.24) is 9.55 Å². The van der Waals surface area contributed by atoms with Crippen LogP contribution in [-0.4, -0.2) is 20.8 Å². The summed E-state index contributed by atoms with van der Waals surface area (Å²) in [4.78, 5) is 4.79. The molecule has 1 heterocycles. The fourth-order valence-corrected chi connectivity index (χ4v) is 3.38. The van der Waals surface area contributed by atoms with E-state index in [9.17, 15) is 5.11 Å². The molecule has 3 atom stereocenters. The average Bonchev–Trinajstić information content (AvgIpc) is 2.93. The highest BCUT2D eigenvalue weighted by Crippen LogP contribution is 2.34. The van der Waals surface area contributed by atoms with E-state index in [0.29, 0.717) is 11.8 Å². The normalized spacial score (nSPS) is 27.2. The lowest BCUT2D eigenvalue weighted by Crippen LogP contribution is -2.18. The minimum atomic E-state index is -0.121. The van der Waals surface area contributed by atoms with E-state index in [0.717, 1.165) is 31.3 Å². The lowest BCUT2D eigenvalue weighted by atomic mass is 9.93. The molecule has 0 radical (unpaired) electrons. The topological polar surface area (TPSA) is 38.0 Å². The number of aliphatic hydroxyl groups excluding tert-OH is 1. The summed E-state index contributed by atoms with van der Waals surface area (Å²) in [6, 6.07) is 8.34. The van der Waals surface area contributed by atoms with Gasteiger partial charge in [0.2, 0.25) is 0 Å². The summed E-state index contributed by atoms with van der Waals surface area (Å²) in [5, 5.41) is 9.89. The van der Waals surface area contributed by atoms with Crippen molar-refractivity contribution in [3.63, 3.8) is 0 Å². The van der Waals surface area contributed by atoms with Crippen molar-refractivity contribution in [3.8, 4) is 0 Å². The molecular weight excluding hydrogens is 236 g/mol. The number of benzene rings is 1. The molecule has 1 aromatic carbocycles. The van der Waals surface area contributed by atoms with Gasteiger partial charge in [-0.15, -0.1) is 0 Å². The van der Waals surface area contributed by atoms with Gasteiger partial charge in [0.05, 0.1) is 17.1 Å². The second kappa shape index (κ2) is 4.97. The van der Waals surface area contributed by atoms with Gasteiger partial charge in [0.1, 0.15) is 5.82 Å². The monoisotopic (exact) mass is 258 g/mol. The summed E-state index contributed by atoms with van der Waals surface area (Å²) in [6.45, 7) is 5.30. The molecule has 3 rings (SSSR count). The molecule has 0 bridgehead atoms. The summed E-state index contributed by atoms with van der Waals surface area (Å²) in [5.74, 6) is 2.14. The molecule has 2 aromatic rings. The van der Waals surface area contributed by atoms with Gasteiger partial charge in [-0.1, -0.05) is 19.1 Å². The Bertz CT molecular complexity index is 575. The van der Waals surface area contributed by atoms with Crippen molar-refractivity contribution >= 4 is 11.0 Å². The minimum absolute atomic E-state index is 0.121. The van der Waals surface area contributed by atoms with Crippen LogP contribution < -0.4 is 0 Å². The molecule has 0 aliphatic heterocycles. The number of fused-ring (bicyclic) bond motifs is 1. The van der Waals surface area contributed by atoms with Crippen LogP contribution in [0.4, 0.5) is 0 Å². The van der Waals surface area contributed by atoms with Crippen molar-refractivity contribution in [1.29, 1.82) is 0 Å². The summed E-state index contributed by atoms with van der Waals surface area (Å²) in [7, 11) is 0.